The van der Waals surface area contributed by atoms with Gasteiger partial charge in [0.2, 0.25) is 5.91 Å². The van der Waals surface area contributed by atoms with E-state index < -0.39 is 0 Å². The largest absolute Gasteiger partial charge is 0.350 e. The second-order valence-electron chi connectivity index (χ2n) is 5.56. The Bertz CT molecular complexity index is 444. The lowest BCUT2D eigenvalue weighted by Gasteiger charge is -2.23. The smallest absolute Gasteiger partial charge is 0.220 e. The molecule has 0 spiro atoms. The highest BCUT2D eigenvalue weighted by Gasteiger charge is 2.16. The predicted octanol–water partition coefficient (Wildman–Crippen LogP) is 3.41. The van der Waals surface area contributed by atoms with Gasteiger partial charge in [-0.05, 0) is 56.8 Å². The predicted molar refractivity (Wildman–Crippen MR) is 85.5 cm³/mol. The monoisotopic (exact) mass is 338 g/mol. The van der Waals surface area contributed by atoms with E-state index in [1.165, 1.54) is 12.8 Å². The van der Waals surface area contributed by atoms with E-state index in [-0.39, 0.29) is 11.9 Å². The van der Waals surface area contributed by atoms with Crippen LogP contribution in [0.4, 0.5) is 0 Å². The van der Waals surface area contributed by atoms with Crippen molar-refractivity contribution in [3.05, 3.63) is 34.3 Å². The number of carbonyl (C=O) groups excluding carboxylic acids is 1. The summed E-state index contributed by atoms with van der Waals surface area (Å²) >= 11 is 3.53. The molecule has 3 nitrogen and oxygen atoms in total. The molecule has 1 heterocycles. The van der Waals surface area contributed by atoms with Crippen LogP contribution in [0.3, 0.4) is 0 Å². The number of rotatable bonds is 5. The molecule has 4 heteroatoms. The first-order valence-corrected chi connectivity index (χ1v) is 8.20. The third-order valence-electron chi connectivity index (χ3n) is 3.93. The van der Waals surface area contributed by atoms with Crippen molar-refractivity contribution in [2.24, 2.45) is 5.92 Å². The topological polar surface area (TPSA) is 41.1 Å². The van der Waals surface area contributed by atoms with E-state index in [1.807, 2.05) is 31.2 Å². The van der Waals surface area contributed by atoms with Gasteiger partial charge < -0.3 is 10.6 Å². The summed E-state index contributed by atoms with van der Waals surface area (Å²) in [6.07, 6.45) is 4.10. The Morgan fingerprint density at radius 1 is 1.50 bits per heavy atom. The van der Waals surface area contributed by atoms with Crippen molar-refractivity contribution >= 4 is 21.8 Å². The first kappa shape index (κ1) is 15.5. The molecule has 2 N–H and O–H groups in total. The summed E-state index contributed by atoms with van der Waals surface area (Å²) in [7, 11) is 0. The number of carbonyl (C=O) groups is 1. The standard InChI is InChI=1S/C16H23BrN2O/c1-12(14-6-2-3-7-15(14)17)19-16(20)9-8-13-5-4-10-18-11-13/h2-3,6-7,12-13,18H,4-5,8-11H2,1H3,(H,19,20)/t12-,13?/m1/s1. The average Bonchev–Trinajstić information content (AvgIpc) is 2.46. The minimum Gasteiger partial charge on any atom is -0.350 e. The van der Waals surface area contributed by atoms with Crippen LogP contribution < -0.4 is 10.6 Å². The van der Waals surface area contributed by atoms with Crippen LogP contribution >= 0.6 is 15.9 Å². The Morgan fingerprint density at radius 3 is 3.00 bits per heavy atom. The van der Waals surface area contributed by atoms with Crippen LogP contribution in [0.1, 0.15) is 44.2 Å². The van der Waals surface area contributed by atoms with Crippen LogP contribution in [-0.2, 0) is 4.79 Å². The SMILES string of the molecule is C[C@@H](NC(=O)CCC1CCCNC1)c1ccccc1Br. The highest BCUT2D eigenvalue weighted by atomic mass is 79.9. The van der Waals surface area contributed by atoms with E-state index in [1.54, 1.807) is 0 Å². The molecule has 0 radical (unpaired) electrons. The normalized spacial score (nSPS) is 20.4. The van der Waals surface area contributed by atoms with E-state index >= 15 is 0 Å². The van der Waals surface area contributed by atoms with Gasteiger partial charge in [0.25, 0.3) is 0 Å². The molecule has 1 aliphatic rings. The number of halogens is 1. The van der Waals surface area contributed by atoms with Gasteiger partial charge in [-0.25, -0.2) is 0 Å². The fourth-order valence-corrected chi connectivity index (χ4v) is 3.35. The number of hydrogen-bond acceptors (Lipinski definition) is 2. The summed E-state index contributed by atoms with van der Waals surface area (Å²) in [6, 6.07) is 8.07. The Hall–Kier alpha value is -0.870. The average molecular weight is 339 g/mol. The van der Waals surface area contributed by atoms with Crippen molar-refractivity contribution in [3.63, 3.8) is 0 Å². The van der Waals surface area contributed by atoms with Gasteiger partial charge in [-0.3, -0.25) is 4.79 Å². The van der Waals surface area contributed by atoms with Gasteiger partial charge in [0.15, 0.2) is 0 Å². The molecule has 110 valence electrons. The molecule has 1 aliphatic heterocycles. The summed E-state index contributed by atoms with van der Waals surface area (Å²) in [5.74, 6) is 0.812. The molecule has 0 bridgehead atoms. The number of amides is 1. The molecular weight excluding hydrogens is 316 g/mol. The molecule has 1 amide bonds. The second-order valence-corrected chi connectivity index (χ2v) is 6.42. The van der Waals surface area contributed by atoms with E-state index in [0.29, 0.717) is 12.3 Å². The summed E-state index contributed by atoms with van der Waals surface area (Å²) < 4.78 is 1.05. The van der Waals surface area contributed by atoms with E-state index in [4.69, 9.17) is 0 Å². The van der Waals surface area contributed by atoms with Crippen molar-refractivity contribution in [3.8, 4) is 0 Å². The lowest BCUT2D eigenvalue weighted by molar-refractivity contribution is -0.122. The Balaban J connectivity index is 1.77. The van der Waals surface area contributed by atoms with Crippen LogP contribution in [0, 0.1) is 5.92 Å². The minimum absolute atomic E-state index is 0.0440. The van der Waals surface area contributed by atoms with Gasteiger partial charge in [-0.2, -0.15) is 0 Å². The van der Waals surface area contributed by atoms with Crippen molar-refractivity contribution in [1.82, 2.24) is 10.6 Å². The molecule has 2 rings (SSSR count). The Labute approximate surface area is 129 Å². The Morgan fingerprint density at radius 2 is 2.30 bits per heavy atom. The fourth-order valence-electron chi connectivity index (χ4n) is 2.72. The maximum atomic E-state index is 12.0. The summed E-state index contributed by atoms with van der Waals surface area (Å²) in [6.45, 7) is 4.22. The lowest BCUT2D eigenvalue weighted by Crippen LogP contribution is -2.32. The van der Waals surface area contributed by atoms with E-state index in [0.717, 1.165) is 29.5 Å². The molecule has 1 unspecified atom stereocenters. The van der Waals surface area contributed by atoms with Crippen molar-refractivity contribution in [2.75, 3.05) is 13.1 Å². The third kappa shape index (κ3) is 4.60. The zero-order valence-corrected chi connectivity index (χ0v) is 13.6. The van der Waals surface area contributed by atoms with Crippen LogP contribution in [0.15, 0.2) is 28.7 Å². The highest BCUT2D eigenvalue weighted by molar-refractivity contribution is 9.10. The lowest BCUT2D eigenvalue weighted by atomic mass is 9.94. The Kier molecular flexibility index (Phi) is 6.05. The minimum atomic E-state index is 0.0440. The molecule has 0 saturated carbocycles. The maximum Gasteiger partial charge on any atom is 0.220 e. The highest BCUT2D eigenvalue weighted by Crippen LogP contribution is 2.23. The van der Waals surface area contributed by atoms with Gasteiger partial charge >= 0.3 is 0 Å². The maximum absolute atomic E-state index is 12.0. The molecule has 0 aliphatic carbocycles. The molecule has 0 aromatic heterocycles. The number of benzene rings is 1. The van der Waals surface area contributed by atoms with Gasteiger partial charge in [-0.15, -0.1) is 0 Å². The van der Waals surface area contributed by atoms with E-state index in [9.17, 15) is 4.79 Å². The first-order chi connectivity index (χ1) is 9.66. The summed E-state index contributed by atoms with van der Waals surface area (Å²) in [5, 5.41) is 6.48. The molecule has 1 aromatic carbocycles. The van der Waals surface area contributed by atoms with Crippen molar-refractivity contribution in [1.29, 1.82) is 0 Å². The molecular formula is C16H23BrN2O. The molecule has 1 saturated heterocycles. The van der Waals surface area contributed by atoms with Gasteiger partial charge in [-0.1, -0.05) is 34.1 Å². The van der Waals surface area contributed by atoms with Crippen molar-refractivity contribution < 1.29 is 4.79 Å². The summed E-state index contributed by atoms with van der Waals surface area (Å²) in [4.78, 5) is 12.0. The van der Waals surface area contributed by atoms with Crippen LogP contribution in [0.2, 0.25) is 0 Å². The van der Waals surface area contributed by atoms with Crippen molar-refractivity contribution in [2.45, 2.75) is 38.6 Å². The molecule has 1 fully saturated rings. The number of nitrogens with one attached hydrogen (secondary N) is 2. The molecule has 2 atom stereocenters. The molecule has 1 aromatic rings. The fraction of sp³-hybridized carbons (Fsp3) is 0.562. The number of hydrogen-bond donors (Lipinski definition) is 2. The van der Waals surface area contributed by atoms with Gasteiger partial charge in [0.1, 0.15) is 0 Å². The second kappa shape index (κ2) is 7.79. The summed E-state index contributed by atoms with van der Waals surface area (Å²) in [5.41, 5.74) is 1.13. The first-order valence-electron chi connectivity index (χ1n) is 7.41. The van der Waals surface area contributed by atoms with Crippen LogP contribution in [0.5, 0.6) is 0 Å². The number of piperidine rings is 1. The zero-order valence-electron chi connectivity index (χ0n) is 12.0. The zero-order chi connectivity index (χ0) is 14.4. The third-order valence-corrected chi connectivity index (χ3v) is 4.65. The quantitative estimate of drug-likeness (QED) is 0.863. The van der Waals surface area contributed by atoms with E-state index in [2.05, 4.69) is 26.6 Å². The van der Waals surface area contributed by atoms with Gasteiger partial charge in [0, 0.05) is 10.9 Å². The van der Waals surface area contributed by atoms with Crippen LogP contribution in [-0.4, -0.2) is 19.0 Å². The molecule has 20 heavy (non-hydrogen) atoms. The van der Waals surface area contributed by atoms with Crippen LogP contribution in [0.25, 0.3) is 0 Å². The van der Waals surface area contributed by atoms with Gasteiger partial charge in [0.05, 0.1) is 6.04 Å².